The summed E-state index contributed by atoms with van der Waals surface area (Å²) in [6, 6.07) is 10.0. The second-order valence-electron chi connectivity index (χ2n) is 4.36. The SMILES string of the molecule is O=C1CC(CCl)CN1CCNc1ccccc1. The minimum atomic E-state index is 0.227. The van der Waals surface area contributed by atoms with Crippen molar-refractivity contribution in [3.05, 3.63) is 30.3 Å². The van der Waals surface area contributed by atoms with E-state index in [1.165, 1.54) is 0 Å². The fraction of sp³-hybridized carbons (Fsp3) is 0.462. The molecule has 1 saturated heterocycles. The van der Waals surface area contributed by atoms with Crippen molar-refractivity contribution in [1.82, 2.24) is 4.90 Å². The van der Waals surface area contributed by atoms with Crippen LogP contribution in [0.3, 0.4) is 0 Å². The Morgan fingerprint density at radius 2 is 2.12 bits per heavy atom. The van der Waals surface area contributed by atoms with Crippen LogP contribution in [0.25, 0.3) is 0 Å². The lowest BCUT2D eigenvalue weighted by Crippen LogP contribution is -2.30. The largest absolute Gasteiger partial charge is 0.383 e. The molecule has 3 nitrogen and oxygen atoms in total. The van der Waals surface area contributed by atoms with Crippen molar-refractivity contribution in [1.29, 1.82) is 0 Å². The van der Waals surface area contributed by atoms with E-state index < -0.39 is 0 Å². The van der Waals surface area contributed by atoms with Gasteiger partial charge in [-0.2, -0.15) is 0 Å². The molecule has 1 unspecified atom stereocenters. The van der Waals surface area contributed by atoms with E-state index in [2.05, 4.69) is 5.32 Å². The third-order valence-electron chi connectivity index (χ3n) is 3.00. The maximum absolute atomic E-state index is 11.6. The minimum absolute atomic E-state index is 0.227. The van der Waals surface area contributed by atoms with E-state index >= 15 is 0 Å². The molecule has 1 fully saturated rings. The van der Waals surface area contributed by atoms with E-state index in [9.17, 15) is 4.79 Å². The number of rotatable bonds is 5. The van der Waals surface area contributed by atoms with Gasteiger partial charge < -0.3 is 10.2 Å². The van der Waals surface area contributed by atoms with Gasteiger partial charge in [0.05, 0.1) is 0 Å². The first-order valence-electron chi connectivity index (χ1n) is 5.92. The van der Waals surface area contributed by atoms with Crippen molar-refractivity contribution in [3.63, 3.8) is 0 Å². The molecular weight excluding hydrogens is 236 g/mol. The Bertz CT molecular complexity index is 369. The third-order valence-corrected chi connectivity index (χ3v) is 3.43. The van der Waals surface area contributed by atoms with E-state index in [0.717, 1.165) is 25.3 Å². The van der Waals surface area contributed by atoms with Gasteiger partial charge in [-0.3, -0.25) is 4.79 Å². The predicted molar refractivity (Wildman–Crippen MR) is 70.3 cm³/mol. The van der Waals surface area contributed by atoms with E-state index in [4.69, 9.17) is 11.6 Å². The molecule has 1 heterocycles. The average molecular weight is 253 g/mol. The van der Waals surface area contributed by atoms with Crippen LogP contribution in [-0.2, 0) is 4.79 Å². The molecule has 2 rings (SSSR count). The second-order valence-corrected chi connectivity index (χ2v) is 4.67. The normalized spacial score (nSPS) is 19.7. The minimum Gasteiger partial charge on any atom is -0.383 e. The molecule has 1 atom stereocenters. The fourth-order valence-electron chi connectivity index (χ4n) is 2.06. The number of nitrogens with one attached hydrogen (secondary N) is 1. The molecule has 4 heteroatoms. The van der Waals surface area contributed by atoms with Crippen LogP contribution >= 0.6 is 11.6 Å². The summed E-state index contributed by atoms with van der Waals surface area (Å²) in [7, 11) is 0. The molecule has 1 N–H and O–H groups in total. The number of alkyl halides is 1. The molecule has 0 aromatic heterocycles. The monoisotopic (exact) mass is 252 g/mol. The maximum atomic E-state index is 11.6. The number of carbonyl (C=O) groups excluding carboxylic acids is 1. The summed E-state index contributed by atoms with van der Waals surface area (Å²) in [5, 5.41) is 3.30. The molecule has 92 valence electrons. The summed E-state index contributed by atoms with van der Waals surface area (Å²) >= 11 is 5.77. The Kier molecular flexibility index (Phi) is 4.26. The average Bonchev–Trinajstić information content (AvgIpc) is 2.72. The highest BCUT2D eigenvalue weighted by atomic mass is 35.5. The zero-order valence-corrected chi connectivity index (χ0v) is 10.5. The summed E-state index contributed by atoms with van der Waals surface area (Å²) in [6.07, 6.45) is 0.606. The molecule has 1 aliphatic rings. The first-order chi connectivity index (χ1) is 8.29. The molecule has 17 heavy (non-hydrogen) atoms. The quantitative estimate of drug-likeness (QED) is 0.815. The Hall–Kier alpha value is -1.22. The zero-order chi connectivity index (χ0) is 12.1. The highest BCUT2D eigenvalue weighted by Crippen LogP contribution is 2.18. The van der Waals surface area contributed by atoms with Crippen molar-refractivity contribution in [2.75, 3.05) is 30.8 Å². The Morgan fingerprint density at radius 3 is 2.76 bits per heavy atom. The van der Waals surface area contributed by atoms with E-state index in [-0.39, 0.29) is 5.91 Å². The first-order valence-corrected chi connectivity index (χ1v) is 6.45. The van der Waals surface area contributed by atoms with Gasteiger partial charge in [-0.1, -0.05) is 18.2 Å². The summed E-state index contributed by atoms with van der Waals surface area (Å²) < 4.78 is 0. The summed E-state index contributed by atoms with van der Waals surface area (Å²) in [4.78, 5) is 13.5. The zero-order valence-electron chi connectivity index (χ0n) is 9.73. The molecule has 1 aliphatic heterocycles. The van der Waals surface area contributed by atoms with Crippen LogP contribution < -0.4 is 5.32 Å². The first kappa shape index (κ1) is 12.2. The van der Waals surface area contributed by atoms with Gasteiger partial charge in [0, 0.05) is 37.6 Å². The second kappa shape index (κ2) is 5.92. The predicted octanol–water partition coefficient (Wildman–Crippen LogP) is 2.19. The molecule has 0 spiro atoms. The number of nitrogens with zero attached hydrogens (tertiary/aromatic N) is 1. The Morgan fingerprint density at radius 1 is 1.35 bits per heavy atom. The molecule has 1 aromatic carbocycles. The van der Waals surface area contributed by atoms with Gasteiger partial charge in [-0.25, -0.2) is 0 Å². The molecule has 0 radical (unpaired) electrons. The molecule has 0 aliphatic carbocycles. The summed E-state index contributed by atoms with van der Waals surface area (Å²) in [5.74, 6) is 1.14. The lowest BCUT2D eigenvalue weighted by molar-refractivity contribution is -0.127. The van der Waals surface area contributed by atoms with Gasteiger partial charge in [0.25, 0.3) is 0 Å². The van der Waals surface area contributed by atoms with Gasteiger partial charge >= 0.3 is 0 Å². The molecular formula is C13H17ClN2O. The topological polar surface area (TPSA) is 32.3 Å². The van der Waals surface area contributed by atoms with Gasteiger partial charge in [-0.05, 0) is 18.1 Å². The number of anilines is 1. The fourth-order valence-corrected chi connectivity index (χ4v) is 2.27. The van der Waals surface area contributed by atoms with Crippen molar-refractivity contribution in [2.45, 2.75) is 6.42 Å². The number of hydrogen-bond acceptors (Lipinski definition) is 2. The van der Waals surface area contributed by atoms with Gasteiger partial charge in [0.15, 0.2) is 0 Å². The van der Waals surface area contributed by atoms with Crippen molar-refractivity contribution >= 4 is 23.2 Å². The lowest BCUT2D eigenvalue weighted by atomic mass is 10.1. The Balaban J connectivity index is 1.74. The molecule has 1 aromatic rings. The van der Waals surface area contributed by atoms with Crippen LogP contribution in [0, 0.1) is 5.92 Å². The van der Waals surface area contributed by atoms with Crippen molar-refractivity contribution < 1.29 is 4.79 Å². The van der Waals surface area contributed by atoms with Gasteiger partial charge in [0.2, 0.25) is 5.91 Å². The van der Waals surface area contributed by atoms with Crippen LogP contribution in [0.1, 0.15) is 6.42 Å². The summed E-state index contributed by atoms with van der Waals surface area (Å²) in [6.45, 7) is 2.34. The lowest BCUT2D eigenvalue weighted by Gasteiger charge is -2.17. The number of halogens is 1. The van der Waals surface area contributed by atoms with Crippen LogP contribution in [0.5, 0.6) is 0 Å². The van der Waals surface area contributed by atoms with Crippen molar-refractivity contribution in [3.8, 4) is 0 Å². The number of amides is 1. The standard InChI is InChI=1S/C13H17ClN2O/c14-9-11-8-13(17)16(10-11)7-6-15-12-4-2-1-3-5-12/h1-5,11,15H,6-10H2. The van der Waals surface area contributed by atoms with E-state index in [1.54, 1.807) is 0 Å². The van der Waals surface area contributed by atoms with Gasteiger partial charge in [0.1, 0.15) is 0 Å². The highest BCUT2D eigenvalue weighted by Gasteiger charge is 2.28. The van der Waals surface area contributed by atoms with Crippen LogP contribution in [-0.4, -0.2) is 36.3 Å². The molecule has 1 amide bonds. The highest BCUT2D eigenvalue weighted by molar-refractivity contribution is 6.18. The van der Waals surface area contributed by atoms with E-state index in [0.29, 0.717) is 18.2 Å². The number of carbonyl (C=O) groups is 1. The number of hydrogen-bond donors (Lipinski definition) is 1. The molecule has 0 saturated carbocycles. The van der Waals surface area contributed by atoms with Gasteiger partial charge in [-0.15, -0.1) is 11.6 Å². The van der Waals surface area contributed by atoms with Crippen LogP contribution in [0.4, 0.5) is 5.69 Å². The van der Waals surface area contributed by atoms with Crippen LogP contribution in [0.15, 0.2) is 30.3 Å². The number of para-hydroxylation sites is 1. The van der Waals surface area contributed by atoms with Crippen molar-refractivity contribution in [2.24, 2.45) is 5.92 Å². The summed E-state index contributed by atoms with van der Waals surface area (Å²) in [5.41, 5.74) is 1.09. The van der Waals surface area contributed by atoms with E-state index in [1.807, 2.05) is 35.2 Å². The number of benzene rings is 1. The third kappa shape index (κ3) is 3.37. The van der Waals surface area contributed by atoms with Crippen LogP contribution in [0.2, 0.25) is 0 Å². The molecule has 0 bridgehead atoms. The smallest absolute Gasteiger partial charge is 0.223 e. The Labute approximate surface area is 107 Å². The number of likely N-dealkylation sites (tertiary alicyclic amines) is 1. The maximum Gasteiger partial charge on any atom is 0.223 e.